The summed E-state index contributed by atoms with van der Waals surface area (Å²) >= 11 is 0. The molecule has 0 spiro atoms. The molecule has 0 aliphatic carbocycles. The zero-order chi connectivity index (χ0) is 10.7. The van der Waals surface area contributed by atoms with Crippen molar-refractivity contribution in [2.75, 3.05) is 21.2 Å². The Labute approximate surface area is 82.1 Å². The lowest BCUT2D eigenvalue weighted by atomic mass is 10.2. The van der Waals surface area contributed by atoms with Gasteiger partial charge >= 0.3 is 0 Å². The Balaban J connectivity index is 3.16. The molecule has 3 nitrogen and oxygen atoms in total. The Morgan fingerprint density at radius 2 is 2.07 bits per heavy atom. The standard InChI is InChI=1S/C10H12FNO2/c1-12(2)10(13)7-5-4-6-8(14-3)9(7)11/h4-6H,1-3H3. The molecular formula is C10H12FNO2. The maximum atomic E-state index is 13.5. The molecule has 1 rings (SSSR count). The number of carbonyl (C=O) groups is 1. The van der Waals surface area contributed by atoms with Crippen LogP contribution in [0.25, 0.3) is 0 Å². The van der Waals surface area contributed by atoms with Crippen molar-refractivity contribution >= 4 is 5.91 Å². The normalized spacial score (nSPS) is 9.71. The van der Waals surface area contributed by atoms with Gasteiger partial charge in [-0.3, -0.25) is 4.79 Å². The molecule has 0 aliphatic rings. The van der Waals surface area contributed by atoms with E-state index in [9.17, 15) is 9.18 Å². The lowest BCUT2D eigenvalue weighted by Gasteiger charge is -2.12. The second-order valence-corrected chi connectivity index (χ2v) is 3.02. The number of nitrogens with zero attached hydrogens (tertiary/aromatic N) is 1. The third-order valence-corrected chi connectivity index (χ3v) is 1.82. The van der Waals surface area contributed by atoms with Gasteiger partial charge in [-0.1, -0.05) is 6.07 Å². The number of halogens is 1. The molecule has 0 atom stereocenters. The van der Waals surface area contributed by atoms with Crippen LogP contribution in [0, 0.1) is 5.82 Å². The van der Waals surface area contributed by atoms with Gasteiger partial charge in [-0.2, -0.15) is 0 Å². The first-order chi connectivity index (χ1) is 6.57. The van der Waals surface area contributed by atoms with Gasteiger partial charge in [0.2, 0.25) is 0 Å². The fraction of sp³-hybridized carbons (Fsp3) is 0.300. The first-order valence-electron chi connectivity index (χ1n) is 4.12. The van der Waals surface area contributed by atoms with E-state index in [-0.39, 0.29) is 17.2 Å². The van der Waals surface area contributed by atoms with E-state index in [4.69, 9.17) is 4.74 Å². The summed E-state index contributed by atoms with van der Waals surface area (Å²) in [6, 6.07) is 4.49. The molecule has 0 aliphatic heterocycles. The summed E-state index contributed by atoms with van der Waals surface area (Å²) in [6.45, 7) is 0. The van der Waals surface area contributed by atoms with Crippen molar-refractivity contribution in [2.45, 2.75) is 0 Å². The molecule has 4 heteroatoms. The minimum Gasteiger partial charge on any atom is -0.494 e. The quantitative estimate of drug-likeness (QED) is 0.719. The number of ether oxygens (including phenoxy) is 1. The molecule has 0 heterocycles. The van der Waals surface area contributed by atoms with Gasteiger partial charge in [-0.15, -0.1) is 0 Å². The summed E-state index contributed by atoms with van der Waals surface area (Å²) in [5.74, 6) is -0.909. The summed E-state index contributed by atoms with van der Waals surface area (Å²) in [5, 5.41) is 0. The van der Waals surface area contributed by atoms with Gasteiger partial charge in [-0.25, -0.2) is 4.39 Å². The number of hydrogen-bond donors (Lipinski definition) is 0. The molecule has 1 amide bonds. The van der Waals surface area contributed by atoms with E-state index < -0.39 is 5.82 Å². The van der Waals surface area contributed by atoms with Crippen LogP contribution in [0.2, 0.25) is 0 Å². The summed E-state index contributed by atoms with van der Waals surface area (Å²) in [7, 11) is 4.50. The number of carbonyl (C=O) groups excluding carboxylic acids is 1. The minimum absolute atomic E-state index is 0.0225. The summed E-state index contributed by atoms with van der Waals surface area (Å²) < 4.78 is 18.3. The van der Waals surface area contributed by atoms with Crippen LogP contribution >= 0.6 is 0 Å². The van der Waals surface area contributed by atoms with Gasteiger partial charge in [0.1, 0.15) is 0 Å². The summed E-state index contributed by atoms with van der Waals surface area (Å²) in [6.07, 6.45) is 0. The molecule has 1 aromatic rings. The van der Waals surface area contributed by atoms with Crippen LogP contribution in [0.15, 0.2) is 18.2 Å². The van der Waals surface area contributed by atoms with Gasteiger partial charge in [-0.05, 0) is 12.1 Å². The average molecular weight is 197 g/mol. The van der Waals surface area contributed by atoms with E-state index in [2.05, 4.69) is 0 Å². The highest BCUT2D eigenvalue weighted by Gasteiger charge is 2.16. The fourth-order valence-electron chi connectivity index (χ4n) is 1.07. The van der Waals surface area contributed by atoms with Gasteiger partial charge in [0.25, 0.3) is 5.91 Å². The Morgan fingerprint density at radius 1 is 1.43 bits per heavy atom. The zero-order valence-corrected chi connectivity index (χ0v) is 8.37. The Hall–Kier alpha value is -1.58. The first-order valence-corrected chi connectivity index (χ1v) is 4.12. The van der Waals surface area contributed by atoms with Crippen molar-refractivity contribution in [1.82, 2.24) is 4.90 Å². The predicted molar refractivity (Wildman–Crippen MR) is 51.0 cm³/mol. The van der Waals surface area contributed by atoms with Crippen LogP contribution in [0.4, 0.5) is 4.39 Å². The second-order valence-electron chi connectivity index (χ2n) is 3.02. The van der Waals surface area contributed by atoms with Gasteiger partial charge in [0, 0.05) is 14.1 Å². The lowest BCUT2D eigenvalue weighted by molar-refractivity contribution is 0.0822. The number of amides is 1. The van der Waals surface area contributed by atoms with Gasteiger partial charge in [0.05, 0.1) is 12.7 Å². The first kappa shape index (κ1) is 10.5. The van der Waals surface area contributed by atoms with Crippen molar-refractivity contribution in [1.29, 1.82) is 0 Å². The Morgan fingerprint density at radius 3 is 2.57 bits per heavy atom. The second kappa shape index (κ2) is 4.09. The van der Waals surface area contributed by atoms with E-state index in [0.29, 0.717) is 0 Å². The van der Waals surface area contributed by atoms with E-state index in [0.717, 1.165) is 0 Å². The number of rotatable bonds is 2. The Bertz CT molecular complexity index is 350. The molecule has 0 unspecified atom stereocenters. The van der Waals surface area contributed by atoms with Crippen LogP contribution in [-0.2, 0) is 0 Å². The third kappa shape index (κ3) is 1.84. The fourth-order valence-corrected chi connectivity index (χ4v) is 1.07. The highest BCUT2D eigenvalue weighted by Crippen LogP contribution is 2.20. The summed E-state index contributed by atoms with van der Waals surface area (Å²) in [4.78, 5) is 12.8. The maximum Gasteiger partial charge on any atom is 0.256 e. The third-order valence-electron chi connectivity index (χ3n) is 1.82. The average Bonchev–Trinajstić information content (AvgIpc) is 2.17. The van der Waals surface area contributed by atoms with Crippen LogP contribution in [-0.4, -0.2) is 32.0 Å². The van der Waals surface area contributed by atoms with Crippen molar-refractivity contribution in [3.05, 3.63) is 29.6 Å². The van der Waals surface area contributed by atoms with Crippen molar-refractivity contribution in [2.24, 2.45) is 0 Å². The minimum atomic E-state index is -0.617. The molecule has 0 saturated carbocycles. The molecule has 0 aromatic heterocycles. The van der Waals surface area contributed by atoms with Crippen molar-refractivity contribution in [3.63, 3.8) is 0 Å². The van der Waals surface area contributed by atoms with Gasteiger partial charge < -0.3 is 9.64 Å². The Kier molecular flexibility index (Phi) is 3.06. The lowest BCUT2D eigenvalue weighted by Crippen LogP contribution is -2.22. The number of methoxy groups -OCH3 is 1. The predicted octanol–water partition coefficient (Wildman–Crippen LogP) is 1.54. The van der Waals surface area contributed by atoms with Crippen LogP contribution in [0.1, 0.15) is 10.4 Å². The summed E-state index contributed by atoms with van der Waals surface area (Å²) in [5.41, 5.74) is 0.0225. The van der Waals surface area contributed by atoms with Crippen LogP contribution < -0.4 is 4.74 Å². The molecule has 0 bridgehead atoms. The molecule has 1 aromatic carbocycles. The highest BCUT2D eigenvalue weighted by atomic mass is 19.1. The van der Waals surface area contributed by atoms with E-state index in [1.807, 2.05) is 0 Å². The van der Waals surface area contributed by atoms with Crippen molar-refractivity contribution < 1.29 is 13.9 Å². The van der Waals surface area contributed by atoms with E-state index in [1.54, 1.807) is 20.2 Å². The van der Waals surface area contributed by atoms with Crippen molar-refractivity contribution in [3.8, 4) is 5.75 Å². The molecule has 0 radical (unpaired) electrons. The molecular weight excluding hydrogens is 185 g/mol. The molecule has 0 N–H and O–H groups in total. The molecule has 14 heavy (non-hydrogen) atoms. The number of hydrogen-bond acceptors (Lipinski definition) is 2. The van der Waals surface area contributed by atoms with E-state index in [1.165, 1.54) is 24.1 Å². The topological polar surface area (TPSA) is 29.5 Å². The zero-order valence-electron chi connectivity index (χ0n) is 8.37. The number of benzene rings is 1. The largest absolute Gasteiger partial charge is 0.494 e. The molecule has 0 saturated heterocycles. The molecule has 0 fully saturated rings. The SMILES string of the molecule is COc1cccc(C(=O)N(C)C)c1F. The maximum absolute atomic E-state index is 13.5. The molecule has 76 valence electrons. The van der Waals surface area contributed by atoms with E-state index >= 15 is 0 Å². The van der Waals surface area contributed by atoms with Gasteiger partial charge in [0.15, 0.2) is 11.6 Å². The smallest absolute Gasteiger partial charge is 0.256 e. The highest BCUT2D eigenvalue weighted by molar-refractivity contribution is 5.94. The van der Waals surface area contributed by atoms with Crippen LogP contribution in [0.5, 0.6) is 5.75 Å². The monoisotopic (exact) mass is 197 g/mol. The van der Waals surface area contributed by atoms with Crippen LogP contribution in [0.3, 0.4) is 0 Å².